The Morgan fingerprint density at radius 2 is 1.79 bits per heavy atom. The lowest BCUT2D eigenvalue weighted by Crippen LogP contribution is -2.94. The van der Waals surface area contributed by atoms with Crippen molar-refractivity contribution in [1.29, 1.82) is 0 Å². The minimum Gasteiger partial charge on any atom is -0.380 e. The first-order valence-corrected chi connectivity index (χ1v) is 10.5. The van der Waals surface area contributed by atoms with Gasteiger partial charge in [0.2, 0.25) is 0 Å². The Morgan fingerprint density at radius 1 is 1.09 bits per heavy atom. The van der Waals surface area contributed by atoms with Gasteiger partial charge in [0, 0.05) is 49.3 Å². The number of nitrogens with zero attached hydrogens (tertiary/aromatic N) is 2. The zero-order valence-corrected chi connectivity index (χ0v) is 17.9. The van der Waals surface area contributed by atoms with E-state index >= 15 is 0 Å². The molecule has 8 nitrogen and oxygen atoms in total. The van der Waals surface area contributed by atoms with Gasteiger partial charge in [-0.05, 0) is 42.0 Å². The number of nitrogens with one attached hydrogen (secondary N) is 2. The number of amides is 1. The SMILES string of the molecule is N[NH2+]C(=O)c1cnc(Nc2ccc(N3CCOCC3)cc2)cc1NCc1cc(F)cc(F)c1. The molecule has 6 N–H and O–H groups in total. The molecular weight excluding hydrogens is 430 g/mol. The van der Waals surface area contributed by atoms with E-state index in [9.17, 15) is 13.6 Å². The molecule has 3 aromatic rings. The highest BCUT2D eigenvalue weighted by atomic mass is 19.1. The molecule has 1 aliphatic heterocycles. The van der Waals surface area contributed by atoms with Crippen LogP contribution in [0, 0.1) is 11.6 Å². The van der Waals surface area contributed by atoms with Gasteiger partial charge in [-0.2, -0.15) is 5.84 Å². The molecule has 0 unspecified atom stereocenters. The average Bonchev–Trinajstić information content (AvgIpc) is 2.83. The molecule has 33 heavy (non-hydrogen) atoms. The number of anilines is 4. The Morgan fingerprint density at radius 3 is 2.45 bits per heavy atom. The summed E-state index contributed by atoms with van der Waals surface area (Å²) >= 11 is 0. The second-order valence-corrected chi connectivity index (χ2v) is 7.55. The summed E-state index contributed by atoms with van der Waals surface area (Å²) in [4.78, 5) is 18.8. The number of pyridine rings is 1. The van der Waals surface area contributed by atoms with E-state index in [4.69, 9.17) is 10.6 Å². The molecule has 1 saturated heterocycles. The van der Waals surface area contributed by atoms with Crippen LogP contribution in [0.4, 0.5) is 31.7 Å². The molecule has 2 aromatic carbocycles. The van der Waals surface area contributed by atoms with Gasteiger partial charge in [0.25, 0.3) is 0 Å². The quantitative estimate of drug-likeness (QED) is 0.246. The third-order valence-corrected chi connectivity index (χ3v) is 5.24. The summed E-state index contributed by atoms with van der Waals surface area (Å²) in [6, 6.07) is 12.8. The maximum Gasteiger partial charge on any atom is 0.365 e. The lowest BCUT2D eigenvalue weighted by Gasteiger charge is -2.28. The summed E-state index contributed by atoms with van der Waals surface area (Å²) in [7, 11) is 0. The van der Waals surface area contributed by atoms with Crippen molar-refractivity contribution in [3.8, 4) is 0 Å². The van der Waals surface area contributed by atoms with Gasteiger partial charge in [-0.15, -0.1) is 0 Å². The third-order valence-electron chi connectivity index (χ3n) is 5.24. The summed E-state index contributed by atoms with van der Waals surface area (Å²) in [5.74, 6) is 4.14. The molecule has 172 valence electrons. The fourth-order valence-corrected chi connectivity index (χ4v) is 3.59. The number of hydrogen-bond donors (Lipinski definition) is 4. The molecule has 1 amide bonds. The maximum atomic E-state index is 13.5. The number of benzene rings is 2. The zero-order chi connectivity index (χ0) is 23.2. The normalized spacial score (nSPS) is 13.6. The number of aromatic nitrogens is 1. The second-order valence-electron chi connectivity index (χ2n) is 7.55. The standard InChI is InChI=1S/C23H24F2N6O2/c24-16-9-15(10-17(25)11-16)13-27-21-12-22(28-14-20(21)23(32)30-26)29-18-1-3-19(4-2-18)31-5-7-33-8-6-31/h1-4,9-12,14H,5-8,13,26H2,(H,30,32)(H2,27,28,29)/p+1. The molecule has 0 radical (unpaired) electrons. The van der Waals surface area contributed by atoms with Crippen molar-refractivity contribution in [3.63, 3.8) is 0 Å². The Balaban J connectivity index is 1.50. The van der Waals surface area contributed by atoms with E-state index in [2.05, 4.69) is 20.5 Å². The van der Waals surface area contributed by atoms with Crippen LogP contribution in [0.3, 0.4) is 0 Å². The first-order valence-electron chi connectivity index (χ1n) is 10.5. The monoisotopic (exact) mass is 455 g/mol. The smallest absolute Gasteiger partial charge is 0.365 e. The van der Waals surface area contributed by atoms with Gasteiger partial charge in [0.05, 0.1) is 18.9 Å². The van der Waals surface area contributed by atoms with Gasteiger partial charge in [-0.1, -0.05) is 0 Å². The van der Waals surface area contributed by atoms with Gasteiger partial charge in [0.1, 0.15) is 23.0 Å². The summed E-state index contributed by atoms with van der Waals surface area (Å²) in [5, 5.41) is 6.26. The minimum absolute atomic E-state index is 0.108. The third kappa shape index (κ3) is 5.80. The highest BCUT2D eigenvalue weighted by Crippen LogP contribution is 2.24. The molecule has 0 aliphatic carbocycles. The number of primary amides is 1. The van der Waals surface area contributed by atoms with Gasteiger partial charge < -0.3 is 20.3 Å². The van der Waals surface area contributed by atoms with Crippen LogP contribution >= 0.6 is 0 Å². The minimum atomic E-state index is -0.670. The van der Waals surface area contributed by atoms with Crippen LogP contribution in [0.2, 0.25) is 0 Å². The Kier molecular flexibility index (Phi) is 7.08. The van der Waals surface area contributed by atoms with E-state index in [1.165, 1.54) is 18.3 Å². The number of ether oxygens (including phenoxy) is 1. The van der Waals surface area contributed by atoms with E-state index < -0.39 is 17.5 Å². The number of halogens is 2. The molecule has 10 heteroatoms. The molecule has 1 aromatic heterocycles. The summed E-state index contributed by atoms with van der Waals surface area (Å²) in [6.45, 7) is 3.25. The van der Waals surface area contributed by atoms with Crippen molar-refractivity contribution in [2.75, 3.05) is 41.8 Å². The van der Waals surface area contributed by atoms with E-state index in [1.54, 1.807) is 6.07 Å². The molecule has 0 bridgehead atoms. The van der Waals surface area contributed by atoms with E-state index in [0.29, 0.717) is 30.3 Å². The highest BCUT2D eigenvalue weighted by Gasteiger charge is 2.16. The van der Waals surface area contributed by atoms with Gasteiger partial charge in [0.15, 0.2) is 0 Å². The molecular formula is C23H25F2N6O2+. The Bertz CT molecular complexity index is 1100. The maximum absolute atomic E-state index is 13.5. The molecule has 2 heterocycles. The van der Waals surface area contributed by atoms with Crippen LogP contribution in [0.25, 0.3) is 0 Å². The predicted molar refractivity (Wildman–Crippen MR) is 121 cm³/mol. The fourth-order valence-electron chi connectivity index (χ4n) is 3.59. The molecule has 0 saturated carbocycles. The van der Waals surface area contributed by atoms with Crippen LogP contribution in [-0.2, 0) is 11.3 Å². The Hall–Kier alpha value is -3.60. The van der Waals surface area contributed by atoms with Crippen molar-refractivity contribution in [2.45, 2.75) is 6.54 Å². The molecule has 1 fully saturated rings. The van der Waals surface area contributed by atoms with Gasteiger partial charge >= 0.3 is 5.91 Å². The number of hydrogen-bond acceptors (Lipinski definition) is 7. The van der Waals surface area contributed by atoms with Crippen LogP contribution in [0.15, 0.2) is 54.7 Å². The number of carbonyl (C=O) groups excluding carboxylic acids is 1. The lowest BCUT2D eigenvalue weighted by molar-refractivity contribution is -0.567. The summed E-state index contributed by atoms with van der Waals surface area (Å²) in [6.07, 6.45) is 1.41. The average molecular weight is 455 g/mol. The van der Waals surface area contributed by atoms with Crippen LogP contribution < -0.4 is 26.8 Å². The van der Waals surface area contributed by atoms with Crippen molar-refractivity contribution in [1.82, 2.24) is 4.98 Å². The molecule has 4 rings (SSSR count). The first kappa shape index (κ1) is 22.6. The Labute approximate surface area is 189 Å². The van der Waals surface area contributed by atoms with Crippen molar-refractivity contribution >= 4 is 28.8 Å². The van der Waals surface area contributed by atoms with Crippen LogP contribution in [0.5, 0.6) is 0 Å². The number of rotatable bonds is 7. The van der Waals surface area contributed by atoms with E-state index in [0.717, 1.165) is 36.0 Å². The summed E-state index contributed by atoms with van der Waals surface area (Å²) < 4.78 is 32.4. The van der Waals surface area contributed by atoms with E-state index in [1.807, 2.05) is 24.3 Å². The lowest BCUT2D eigenvalue weighted by atomic mass is 10.1. The van der Waals surface area contributed by atoms with E-state index in [-0.39, 0.29) is 12.1 Å². The number of nitrogens with two attached hydrogens (primary N) is 2. The molecule has 0 spiro atoms. The fraction of sp³-hybridized carbons (Fsp3) is 0.217. The van der Waals surface area contributed by atoms with Crippen LogP contribution in [-0.4, -0.2) is 37.2 Å². The molecule has 1 aliphatic rings. The van der Waals surface area contributed by atoms with Gasteiger partial charge in [-0.3, -0.25) is 0 Å². The topological polar surface area (TPSA) is 109 Å². The van der Waals surface area contributed by atoms with Crippen molar-refractivity contribution in [3.05, 3.63) is 77.5 Å². The summed E-state index contributed by atoms with van der Waals surface area (Å²) in [5.41, 5.74) is 3.97. The first-order chi connectivity index (χ1) is 16.0. The number of quaternary nitrogens is 1. The van der Waals surface area contributed by atoms with Crippen molar-refractivity contribution in [2.24, 2.45) is 5.84 Å². The van der Waals surface area contributed by atoms with Gasteiger partial charge in [-0.25, -0.2) is 24.0 Å². The molecule has 0 atom stereocenters. The highest BCUT2D eigenvalue weighted by molar-refractivity contribution is 5.93. The largest absolute Gasteiger partial charge is 0.380 e. The second kappa shape index (κ2) is 10.3. The van der Waals surface area contributed by atoms with Crippen LogP contribution in [0.1, 0.15) is 15.9 Å². The number of morpholine rings is 1. The number of carbonyl (C=O) groups is 1. The zero-order valence-electron chi connectivity index (χ0n) is 17.9. The predicted octanol–water partition coefficient (Wildman–Crippen LogP) is 2.13. The van der Waals surface area contributed by atoms with Crippen molar-refractivity contribution < 1.29 is 23.7 Å².